The number of alkyl halides is 3. The molecule has 0 aliphatic heterocycles. The van der Waals surface area contributed by atoms with Gasteiger partial charge in [0, 0.05) is 6.54 Å². The fourth-order valence-electron chi connectivity index (χ4n) is 2.57. The molecule has 0 aliphatic carbocycles. The maximum Gasteiger partial charge on any atom is 0.573 e. The Bertz CT molecular complexity index is 1110. The summed E-state index contributed by atoms with van der Waals surface area (Å²) in [7, 11) is 0. The van der Waals surface area contributed by atoms with Gasteiger partial charge in [-0.05, 0) is 36.2 Å². The summed E-state index contributed by atoms with van der Waals surface area (Å²) in [6.45, 7) is 0.425. The average molecular weight is 405 g/mol. The molecule has 4 aromatic rings. The quantitative estimate of drug-likeness (QED) is 0.503. The maximum absolute atomic E-state index is 12.2. The molecule has 0 amide bonds. The van der Waals surface area contributed by atoms with Gasteiger partial charge in [-0.1, -0.05) is 12.1 Å². The van der Waals surface area contributed by atoms with E-state index in [2.05, 4.69) is 30.1 Å². The first-order chi connectivity index (χ1) is 13.9. The van der Waals surface area contributed by atoms with Crippen LogP contribution in [-0.2, 0) is 6.42 Å². The second kappa shape index (κ2) is 7.30. The molecule has 0 saturated heterocycles. The molecule has 29 heavy (non-hydrogen) atoms. The molecule has 0 fully saturated rings. The van der Waals surface area contributed by atoms with E-state index in [0.717, 1.165) is 5.56 Å². The number of fused-ring (bicyclic) bond motifs is 1. The Kier molecular flexibility index (Phi) is 4.66. The van der Waals surface area contributed by atoms with Gasteiger partial charge in [0.15, 0.2) is 5.76 Å². The molecule has 3 aromatic heterocycles. The SMILES string of the molecule is Nc1nc(NCCc2ccc(OC(F)(F)F)cc2)nc2nc(-c3ccco3)nn12. The number of hydrogen-bond acceptors (Lipinski definition) is 8. The van der Waals surface area contributed by atoms with Crippen molar-refractivity contribution in [1.29, 1.82) is 0 Å². The molecule has 12 heteroatoms. The number of nitrogens with zero attached hydrogens (tertiary/aromatic N) is 5. The maximum atomic E-state index is 12.2. The molecule has 9 nitrogen and oxygen atoms in total. The molecule has 0 radical (unpaired) electrons. The van der Waals surface area contributed by atoms with Crippen molar-refractivity contribution in [3.63, 3.8) is 0 Å². The van der Waals surface area contributed by atoms with Crippen LogP contribution in [0.1, 0.15) is 5.56 Å². The van der Waals surface area contributed by atoms with Crippen molar-refractivity contribution >= 4 is 17.7 Å². The van der Waals surface area contributed by atoms with E-state index in [-0.39, 0.29) is 23.4 Å². The third-order valence-corrected chi connectivity index (χ3v) is 3.83. The highest BCUT2D eigenvalue weighted by atomic mass is 19.4. The lowest BCUT2D eigenvalue weighted by molar-refractivity contribution is -0.274. The van der Waals surface area contributed by atoms with E-state index in [9.17, 15) is 13.2 Å². The largest absolute Gasteiger partial charge is 0.573 e. The summed E-state index contributed by atoms with van der Waals surface area (Å²) >= 11 is 0. The Morgan fingerprint density at radius 2 is 1.90 bits per heavy atom. The molecule has 4 rings (SSSR count). The fraction of sp³-hybridized carbons (Fsp3) is 0.176. The number of anilines is 2. The summed E-state index contributed by atoms with van der Waals surface area (Å²) in [4.78, 5) is 12.6. The zero-order chi connectivity index (χ0) is 20.4. The van der Waals surface area contributed by atoms with Gasteiger partial charge in [0.2, 0.25) is 17.7 Å². The van der Waals surface area contributed by atoms with Gasteiger partial charge >= 0.3 is 6.36 Å². The minimum absolute atomic E-state index is 0.0939. The van der Waals surface area contributed by atoms with Crippen LogP contribution in [0.15, 0.2) is 47.1 Å². The minimum atomic E-state index is -4.71. The van der Waals surface area contributed by atoms with Crippen LogP contribution in [0.3, 0.4) is 0 Å². The van der Waals surface area contributed by atoms with E-state index >= 15 is 0 Å². The van der Waals surface area contributed by atoms with Crippen molar-refractivity contribution in [2.45, 2.75) is 12.8 Å². The van der Waals surface area contributed by atoms with Gasteiger partial charge in [-0.15, -0.1) is 18.3 Å². The first-order valence-electron chi connectivity index (χ1n) is 8.40. The summed E-state index contributed by atoms with van der Waals surface area (Å²) < 4.78 is 46.9. The normalized spacial score (nSPS) is 11.7. The first kappa shape index (κ1) is 18.5. The molecule has 0 unspecified atom stereocenters. The van der Waals surface area contributed by atoms with Crippen LogP contribution in [0.2, 0.25) is 0 Å². The van der Waals surface area contributed by atoms with Gasteiger partial charge in [0.05, 0.1) is 6.26 Å². The van der Waals surface area contributed by atoms with Crippen LogP contribution in [0, 0.1) is 0 Å². The topological polar surface area (TPSA) is 116 Å². The predicted molar refractivity (Wildman–Crippen MR) is 96.0 cm³/mol. The molecule has 3 N–H and O–H groups in total. The van der Waals surface area contributed by atoms with E-state index in [1.807, 2.05) is 0 Å². The van der Waals surface area contributed by atoms with Gasteiger partial charge in [-0.25, -0.2) is 0 Å². The van der Waals surface area contributed by atoms with Gasteiger partial charge in [-0.2, -0.15) is 19.5 Å². The van der Waals surface area contributed by atoms with Crippen LogP contribution in [-0.4, -0.2) is 37.5 Å². The Hall–Kier alpha value is -3.83. The van der Waals surface area contributed by atoms with Gasteiger partial charge in [-0.3, -0.25) is 0 Å². The standard InChI is InChI=1S/C17H14F3N7O2/c18-17(19,20)29-11-5-3-10(4-6-11)7-8-22-15-24-14(21)27-16(25-15)23-13(26-27)12-2-1-9-28-12/h1-6,9H,7-8H2,(H3,21,22,23,24,25,26). The second-order valence-corrected chi connectivity index (χ2v) is 5.90. The zero-order valence-electron chi connectivity index (χ0n) is 14.7. The monoisotopic (exact) mass is 405 g/mol. The molecular weight excluding hydrogens is 391 g/mol. The Balaban J connectivity index is 1.41. The summed E-state index contributed by atoms with van der Waals surface area (Å²) in [5.74, 6) is 1.13. The fourth-order valence-corrected chi connectivity index (χ4v) is 2.57. The average Bonchev–Trinajstić information content (AvgIpc) is 3.31. The highest BCUT2D eigenvalue weighted by Crippen LogP contribution is 2.23. The molecule has 0 saturated carbocycles. The van der Waals surface area contributed by atoms with Crippen molar-refractivity contribution in [2.75, 3.05) is 17.6 Å². The zero-order valence-corrected chi connectivity index (χ0v) is 14.7. The lowest BCUT2D eigenvalue weighted by atomic mass is 10.1. The van der Waals surface area contributed by atoms with Crippen molar-refractivity contribution in [3.05, 3.63) is 48.2 Å². The highest BCUT2D eigenvalue weighted by molar-refractivity contribution is 5.52. The molecule has 0 bridgehead atoms. The number of aromatic nitrogens is 5. The highest BCUT2D eigenvalue weighted by Gasteiger charge is 2.30. The van der Waals surface area contributed by atoms with E-state index in [1.54, 1.807) is 24.3 Å². The lowest BCUT2D eigenvalue weighted by Crippen LogP contribution is -2.17. The number of nitrogens with two attached hydrogens (primary N) is 1. The minimum Gasteiger partial charge on any atom is -0.461 e. The number of furan rings is 1. The Morgan fingerprint density at radius 3 is 2.59 bits per heavy atom. The molecule has 0 spiro atoms. The third kappa shape index (κ3) is 4.36. The summed E-state index contributed by atoms with van der Waals surface area (Å²) in [5.41, 5.74) is 6.72. The Morgan fingerprint density at radius 1 is 1.10 bits per heavy atom. The molecule has 3 heterocycles. The molecular formula is C17H14F3N7O2. The number of hydrogen-bond donors (Lipinski definition) is 2. The van der Waals surface area contributed by atoms with Crippen molar-refractivity contribution in [2.24, 2.45) is 0 Å². The third-order valence-electron chi connectivity index (χ3n) is 3.83. The van der Waals surface area contributed by atoms with Gasteiger partial charge in [0.1, 0.15) is 5.75 Å². The first-order valence-corrected chi connectivity index (χ1v) is 8.40. The summed E-state index contributed by atoms with van der Waals surface area (Å²) in [5, 5.41) is 7.20. The van der Waals surface area contributed by atoms with Gasteiger partial charge < -0.3 is 20.2 Å². The molecule has 150 valence electrons. The summed E-state index contributed by atoms with van der Waals surface area (Å²) in [6.07, 6.45) is -2.69. The number of rotatable bonds is 6. The summed E-state index contributed by atoms with van der Waals surface area (Å²) in [6, 6.07) is 9.05. The van der Waals surface area contributed by atoms with E-state index in [4.69, 9.17) is 10.2 Å². The van der Waals surface area contributed by atoms with Crippen LogP contribution in [0.5, 0.6) is 5.75 Å². The van der Waals surface area contributed by atoms with Crippen LogP contribution < -0.4 is 15.8 Å². The van der Waals surface area contributed by atoms with Crippen molar-refractivity contribution in [3.8, 4) is 17.3 Å². The van der Waals surface area contributed by atoms with Crippen LogP contribution in [0.4, 0.5) is 25.1 Å². The van der Waals surface area contributed by atoms with Crippen LogP contribution >= 0.6 is 0 Å². The lowest BCUT2D eigenvalue weighted by Gasteiger charge is -2.09. The molecule has 0 aliphatic rings. The smallest absolute Gasteiger partial charge is 0.461 e. The number of nitrogens with one attached hydrogen (secondary N) is 1. The Labute approximate surface area is 161 Å². The predicted octanol–water partition coefficient (Wildman–Crippen LogP) is 2.91. The van der Waals surface area contributed by atoms with E-state index in [0.29, 0.717) is 24.6 Å². The van der Waals surface area contributed by atoms with Crippen molar-refractivity contribution in [1.82, 2.24) is 24.6 Å². The molecule has 1 aromatic carbocycles. The molecule has 0 atom stereocenters. The van der Waals surface area contributed by atoms with E-state index in [1.165, 1.54) is 22.9 Å². The van der Waals surface area contributed by atoms with Gasteiger partial charge in [0.25, 0.3) is 5.78 Å². The van der Waals surface area contributed by atoms with Crippen molar-refractivity contribution < 1.29 is 22.3 Å². The van der Waals surface area contributed by atoms with Crippen LogP contribution in [0.25, 0.3) is 17.4 Å². The number of halogens is 3. The number of nitrogen functional groups attached to an aromatic ring is 1. The second-order valence-electron chi connectivity index (χ2n) is 5.90. The number of ether oxygens (including phenoxy) is 1. The number of benzene rings is 1. The van der Waals surface area contributed by atoms with E-state index < -0.39 is 6.36 Å².